The second-order valence-corrected chi connectivity index (χ2v) is 6.15. The minimum absolute atomic E-state index is 0.192. The lowest BCUT2D eigenvalue weighted by atomic mass is 10.2. The maximum Gasteiger partial charge on any atom is 0.123 e. The average Bonchev–Trinajstić information content (AvgIpc) is 2.67. The van der Waals surface area contributed by atoms with E-state index in [9.17, 15) is 4.39 Å². The van der Waals surface area contributed by atoms with Crippen LogP contribution in [0.15, 0.2) is 48.5 Å². The lowest BCUT2D eigenvalue weighted by molar-refractivity contribution is 0.224. The van der Waals surface area contributed by atoms with Crippen molar-refractivity contribution in [3.63, 3.8) is 0 Å². The van der Waals surface area contributed by atoms with Crippen LogP contribution in [0.2, 0.25) is 0 Å². The molecule has 25 heavy (non-hydrogen) atoms. The number of nitriles is 1. The van der Waals surface area contributed by atoms with Gasteiger partial charge in [0, 0.05) is 38.4 Å². The lowest BCUT2D eigenvalue weighted by Crippen LogP contribution is -2.46. The molecular formula is C20H22FN3O. The van der Waals surface area contributed by atoms with Gasteiger partial charge in [0.15, 0.2) is 0 Å². The Labute approximate surface area is 148 Å². The molecule has 1 saturated heterocycles. The van der Waals surface area contributed by atoms with Crippen LogP contribution in [0.5, 0.6) is 5.75 Å². The van der Waals surface area contributed by atoms with E-state index in [2.05, 4.69) is 15.9 Å². The van der Waals surface area contributed by atoms with Gasteiger partial charge in [0.1, 0.15) is 11.6 Å². The zero-order chi connectivity index (χ0) is 17.5. The van der Waals surface area contributed by atoms with Gasteiger partial charge in [0.25, 0.3) is 0 Å². The molecule has 1 aliphatic heterocycles. The van der Waals surface area contributed by atoms with Crippen molar-refractivity contribution >= 4 is 5.69 Å². The molecule has 1 fully saturated rings. The molecule has 1 aliphatic rings. The van der Waals surface area contributed by atoms with E-state index in [-0.39, 0.29) is 5.82 Å². The van der Waals surface area contributed by atoms with Crippen LogP contribution in [-0.2, 0) is 0 Å². The van der Waals surface area contributed by atoms with Crippen molar-refractivity contribution in [2.75, 3.05) is 44.2 Å². The molecule has 5 heteroatoms. The molecule has 2 aromatic rings. The summed E-state index contributed by atoms with van der Waals surface area (Å²) >= 11 is 0. The van der Waals surface area contributed by atoms with Gasteiger partial charge in [0.05, 0.1) is 18.2 Å². The minimum atomic E-state index is -0.192. The third kappa shape index (κ3) is 4.94. The van der Waals surface area contributed by atoms with Gasteiger partial charge in [-0.15, -0.1) is 0 Å². The fourth-order valence-electron chi connectivity index (χ4n) is 3.02. The van der Waals surface area contributed by atoms with Crippen LogP contribution in [0.3, 0.4) is 0 Å². The average molecular weight is 339 g/mol. The monoisotopic (exact) mass is 339 g/mol. The van der Waals surface area contributed by atoms with Gasteiger partial charge in [-0.05, 0) is 48.9 Å². The molecule has 0 spiro atoms. The molecule has 0 atom stereocenters. The van der Waals surface area contributed by atoms with Crippen LogP contribution < -0.4 is 9.64 Å². The van der Waals surface area contributed by atoms with Crippen molar-refractivity contribution in [3.8, 4) is 11.8 Å². The first-order chi connectivity index (χ1) is 12.2. The largest absolute Gasteiger partial charge is 0.494 e. The Morgan fingerprint density at radius 2 is 1.80 bits per heavy atom. The zero-order valence-corrected chi connectivity index (χ0v) is 14.2. The number of anilines is 1. The number of rotatable bonds is 6. The van der Waals surface area contributed by atoms with E-state index in [1.807, 2.05) is 24.3 Å². The van der Waals surface area contributed by atoms with Gasteiger partial charge in [-0.25, -0.2) is 4.39 Å². The topological polar surface area (TPSA) is 39.5 Å². The van der Waals surface area contributed by atoms with E-state index in [1.165, 1.54) is 12.1 Å². The first-order valence-corrected chi connectivity index (χ1v) is 8.60. The number of nitrogens with zero attached hydrogens (tertiary/aromatic N) is 3. The molecule has 2 aromatic carbocycles. The maximum absolute atomic E-state index is 13.0. The highest BCUT2D eigenvalue weighted by Gasteiger charge is 2.16. The van der Waals surface area contributed by atoms with Crippen LogP contribution >= 0.6 is 0 Å². The number of hydrogen-bond acceptors (Lipinski definition) is 4. The summed E-state index contributed by atoms with van der Waals surface area (Å²) in [6.45, 7) is 5.55. The summed E-state index contributed by atoms with van der Waals surface area (Å²) in [5, 5.41) is 8.89. The number of piperazine rings is 1. The molecule has 0 aromatic heterocycles. The molecule has 0 bridgehead atoms. The lowest BCUT2D eigenvalue weighted by Gasteiger charge is -2.36. The van der Waals surface area contributed by atoms with Crippen molar-refractivity contribution in [1.82, 2.24) is 4.90 Å². The van der Waals surface area contributed by atoms with Crippen molar-refractivity contribution in [2.45, 2.75) is 6.42 Å². The van der Waals surface area contributed by atoms with Crippen LogP contribution in [0.4, 0.5) is 10.1 Å². The van der Waals surface area contributed by atoms with Crippen molar-refractivity contribution in [1.29, 1.82) is 5.26 Å². The summed E-state index contributed by atoms with van der Waals surface area (Å²) < 4.78 is 18.7. The molecule has 0 amide bonds. The minimum Gasteiger partial charge on any atom is -0.494 e. The summed E-state index contributed by atoms with van der Waals surface area (Å²) in [6.07, 6.45) is 0.952. The Hall–Kier alpha value is -2.58. The summed E-state index contributed by atoms with van der Waals surface area (Å²) in [6, 6.07) is 16.1. The molecule has 0 unspecified atom stereocenters. The summed E-state index contributed by atoms with van der Waals surface area (Å²) in [7, 11) is 0. The highest BCUT2D eigenvalue weighted by Crippen LogP contribution is 2.17. The van der Waals surface area contributed by atoms with Crippen LogP contribution in [0.1, 0.15) is 12.0 Å². The molecule has 3 rings (SSSR count). The van der Waals surface area contributed by atoms with Gasteiger partial charge in [-0.3, -0.25) is 4.90 Å². The van der Waals surface area contributed by atoms with E-state index in [0.29, 0.717) is 12.2 Å². The summed E-state index contributed by atoms with van der Waals surface area (Å²) in [5.41, 5.74) is 1.70. The number of benzene rings is 2. The maximum atomic E-state index is 13.0. The van der Waals surface area contributed by atoms with Crippen molar-refractivity contribution in [2.24, 2.45) is 0 Å². The third-order valence-electron chi connectivity index (χ3n) is 4.41. The van der Waals surface area contributed by atoms with E-state index < -0.39 is 0 Å². The quantitative estimate of drug-likeness (QED) is 0.757. The van der Waals surface area contributed by atoms with Gasteiger partial charge in [-0.2, -0.15) is 5.26 Å². The van der Waals surface area contributed by atoms with Crippen LogP contribution in [-0.4, -0.2) is 44.2 Å². The van der Waals surface area contributed by atoms with E-state index >= 15 is 0 Å². The normalized spacial score (nSPS) is 15.0. The van der Waals surface area contributed by atoms with Crippen molar-refractivity contribution < 1.29 is 9.13 Å². The summed E-state index contributed by atoms with van der Waals surface area (Å²) in [5.74, 6) is 0.558. The zero-order valence-electron chi connectivity index (χ0n) is 14.2. The van der Waals surface area contributed by atoms with E-state index in [0.717, 1.165) is 50.6 Å². The fraction of sp³-hybridized carbons (Fsp3) is 0.350. The molecule has 0 saturated carbocycles. The Morgan fingerprint density at radius 3 is 2.52 bits per heavy atom. The second kappa shape index (κ2) is 8.50. The van der Waals surface area contributed by atoms with Gasteiger partial charge in [0.2, 0.25) is 0 Å². The highest BCUT2D eigenvalue weighted by molar-refractivity contribution is 5.46. The van der Waals surface area contributed by atoms with Crippen molar-refractivity contribution in [3.05, 3.63) is 59.9 Å². The van der Waals surface area contributed by atoms with Gasteiger partial charge in [-0.1, -0.05) is 6.07 Å². The van der Waals surface area contributed by atoms with Gasteiger partial charge >= 0.3 is 0 Å². The fourth-order valence-corrected chi connectivity index (χ4v) is 3.02. The number of hydrogen-bond donors (Lipinski definition) is 0. The van der Waals surface area contributed by atoms with Crippen LogP contribution in [0, 0.1) is 17.1 Å². The Kier molecular flexibility index (Phi) is 5.86. The Bertz CT molecular complexity index is 718. The standard InChI is InChI=1S/C20H22FN3O/c21-18-5-7-19(8-6-18)24-12-10-23(11-13-24)9-2-14-25-20-4-1-3-17(15-20)16-22/h1,3-8,15H,2,9-14H2. The molecule has 1 heterocycles. The Morgan fingerprint density at radius 1 is 1.04 bits per heavy atom. The van der Waals surface area contributed by atoms with E-state index in [4.69, 9.17) is 10.00 Å². The van der Waals surface area contributed by atoms with E-state index in [1.54, 1.807) is 12.1 Å². The summed E-state index contributed by atoms with van der Waals surface area (Å²) in [4.78, 5) is 4.72. The molecule has 0 N–H and O–H groups in total. The number of ether oxygens (including phenoxy) is 1. The third-order valence-corrected chi connectivity index (χ3v) is 4.41. The number of halogens is 1. The smallest absolute Gasteiger partial charge is 0.123 e. The second-order valence-electron chi connectivity index (χ2n) is 6.15. The molecule has 0 aliphatic carbocycles. The molecule has 0 radical (unpaired) electrons. The predicted octanol–water partition coefficient (Wildman–Crippen LogP) is 3.29. The Balaban J connectivity index is 1.36. The van der Waals surface area contributed by atoms with Gasteiger partial charge < -0.3 is 9.64 Å². The first-order valence-electron chi connectivity index (χ1n) is 8.60. The first kappa shape index (κ1) is 17.2. The molecule has 4 nitrogen and oxygen atoms in total. The highest BCUT2D eigenvalue weighted by atomic mass is 19.1. The van der Waals surface area contributed by atoms with Crippen LogP contribution in [0.25, 0.3) is 0 Å². The molecular weight excluding hydrogens is 317 g/mol. The predicted molar refractivity (Wildman–Crippen MR) is 96.3 cm³/mol. The SMILES string of the molecule is N#Cc1cccc(OCCCN2CCN(c3ccc(F)cc3)CC2)c1. The molecule has 130 valence electrons.